The molecule has 0 saturated heterocycles. The maximum absolute atomic E-state index is 13.3. The second kappa shape index (κ2) is 13.1. The van der Waals surface area contributed by atoms with E-state index in [2.05, 4.69) is 16.5 Å². The van der Waals surface area contributed by atoms with Crippen molar-refractivity contribution in [1.82, 2.24) is 14.9 Å². The summed E-state index contributed by atoms with van der Waals surface area (Å²) in [6.07, 6.45) is 0.141. The van der Waals surface area contributed by atoms with Gasteiger partial charge in [0.25, 0.3) is 0 Å². The van der Waals surface area contributed by atoms with E-state index >= 15 is 0 Å². The van der Waals surface area contributed by atoms with Crippen molar-refractivity contribution >= 4 is 34.1 Å². The van der Waals surface area contributed by atoms with Gasteiger partial charge in [-0.2, -0.15) is 13.2 Å². The van der Waals surface area contributed by atoms with E-state index in [-0.39, 0.29) is 23.0 Å². The molecule has 0 aliphatic heterocycles. The van der Waals surface area contributed by atoms with Gasteiger partial charge in [-0.3, -0.25) is 9.59 Å². The molecule has 1 saturated carbocycles. The molecule has 12 heteroatoms. The van der Waals surface area contributed by atoms with Crippen LogP contribution in [0.25, 0.3) is 21.6 Å². The smallest absolute Gasteiger partial charge is 0.434 e. The van der Waals surface area contributed by atoms with Gasteiger partial charge in [0.2, 0.25) is 5.91 Å². The number of carboxylic acid groups (broad SMARTS) is 1. The lowest BCUT2D eigenvalue weighted by atomic mass is 9.77. The zero-order valence-corrected chi connectivity index (χ0v) is 24.6. The number of aromatic nitrogens is 2. The average Bonchev–Trinajstić information content (AvgIpc) is 3.47. The Hall–Kier alpha value is -3.67. The third-order valence-electron chi connectivity index (χ3n) is 7.64. The number of amides is 1. The topological polar surface area (TPSA) is 102 Å². The highest BCUT2D eigenvalue weighted by molar-refractivity contribution is 7.13. The Bertz CT molecular complexity index is 1460. The SMILES string of the molecule is C=CCCCCN(C)C(=O)[C@@H]1CC[C@H](Oc2cc(-c3nc(C(F)(F)F)cs3)nc3c(C)c(OC)ccc23)CC1C(=O)O. The second-order valence-corrected chi connectivity index (χ2v) is 11.3. The molecule has 8 nitrogen and oxygen atoms in total. The molecule has 3 aromatic rings. The Morgan fingerprint density at radius 1 is 1.19 bits per heavy atom. The minimum atomic E-state index is -4.59. The van der Waals surface area contributed by atoms with E-state index in [1.54, 1.807) is 31.0 Å². The summed E-state index contributed by atoms with van der Waals surface area (Å²) in [5.41, 5.74) is 0.337. The first-order valence-corrected chi connectivity index (χ1v) is 14.6. The molecule has 1 fully saturated rings. The summed E-state index contributed by atoms with van der Waals surface area (Å²) in [4.78, 5) is 35.4. The van der Waals surface area contributed by atoms with Crippen molar-refractivity contribution in [3.8, 4) is 22.2 Å². The van der Waals surface area contributed by atoms with Gasteiger partial charge in [-0.05, 0) is 57.6 Å². The molecular weight excluding hydrogens is 571 g/mol. The average molecular weight is 606 g/mol. The Kier molecular flexibility index (Phi) is 9.75. The van der Waals surface area contributed by atoms with Crippen LogP contribution in [0.2, 0.25) is 0 Å². The maximum atomic E-state index is 13.3. The van der Waals surface area contributed by atoms with Crippen LogP contribution in [0.5, 0.6) is 11.5 Å². The van der Waals surface area contributed by atoms with Gasteiger partial charge in [0.1, 0.15) is 22.2 Å². The van der Waals surface area contributed by atoms with Crippen LogP contribution in [0.3, 0.4) is 0 Å². The monoisotopic (exact) mass is 605 g/mol. The number of methoxy groups -OCH3 is 1. The van der Waals surface area contributed by atoms with Crippen LogP contribution in [0.1, 0.15) is 49.8 Å². The third kappa shape index (κ3) is 6.86. The van der Waals surface area contributed by atoms with Crippen molar-refractivity contribution in [3.63, 3.8) is 0 Å². The highest BCUT2D eigenvalue weighted by Crippen LogP contribution is 2.40. The molecule has 2 aromatic heterocycles. The minimum Gasteiger partial charge on any atom is -0.496 e. The molecule has 0 radical (unpaired) electrons. The second-order valence-electron chi connectivity index (χ2n) is 10.5. The van der Waals surface area contributed by atoms with E-state index < -0.39 is 35.8 Å². The highest BCUT2D eigenvalue weighted by Gasteiger charge is 2.41. The standard InChI is InChI=1S/C30H34F3N3O5S/c1-5-6-7-8-13-36(3)28(37)19-10-9-18(14-21(19)29(38)39)41-24-15-22(27-35-25(16-42-27)30(31,32)33)34-26-17(2)23(40-4)12-11-20(24)26/h5,11-12,15-16,18-19,21H,1,6-10,13-14H2,2-4H3,(H,38,39)/t18-,19+,21?/m0/s1. The molecule has 1 amide bonds. The molecule has 42 heavy (non-hydrogen) atoms. The number of alkyl halides is 3. The Labute approximate surface area is 246 Å². The first-order valence-electron chi connectivity index (χ1n) is 13.7. The van der Waals surface area contributed by atoms with Gasteiger partial charge >= 0.3 is 12.1 Å². The molecular formula is C30H34F3N3O5S. The van der Waals surface area contributed by atoms with E-state index in [1.165, 1.54) is 13.2 Å². The van der Waals surface area contributed by atoms with E-state index in [1.807, 2.05) is 6.08 Å². The summed E-state index contributed by atoms with van der Waals surface area (Å²) in [7, 11) is 3.21. The summed E-state index contributed by atoms with van der Waals surface area (Å²) in [5, 5.41) is 11.7. The van der Waals surface area contributed by atoms with Crippen molar-refractivity contribution in [2.75, 3.05) is 20.7 Å². The number of hydrogen-bond donors (Lipinski definition) is 1. The normalized spacial score (nSPS) is 19.0. The molecule has 1 aliphatic rings. The first kappa shape index (κ1) is 31.3. The van der Waals surface area contributed by atoms with Gasteiger partial charge in [0.05, 0.1) is 30.6 Å². The van der Waals surface area contributed by atoms with Crippen molar-refractivity contribution in [2.45, 2.75) is 57.7 Å². The van der Waals surface area contributed by atoms with Crippen LogP contribution in [-0.2, 0) is 15.8 Å². The lowest BCUT2D eigenvalue weighted by Gasteiger charge is -2.35. The summed E-state index contributed by atoms with van der Waals surface area (Å²) in [6.45, 7) is 6.03. The number of fused-ring (bicyclic) bond motifs is 1. The Balaban J connectivity index is 1.61. The number of aliphatic carboxylic acids is 1. The van der Waals surface area contributed by atoms with Gasteiger partial charge in [-0.25, -0.2) is 9.97 Å². The van der Waals surface area contributed by atoms with Crippen LogP contribution < -0.4 is 9.47 Å². The predicted octanol–water partition coefficient (Wildman–Crippen LogP) is 6.76. The number of ether oxygens (including phenoxy) is 2. The van der Waals surface area contributed by atoms with E-state index in [0.717, 1.165) is 36.0 Å². The summed E-state index contributed by atoms with van der Waals surface area (Å²) in [6, 6.07) is 5.04. The number of allylic oxidation sites excluding steroid dienone is 1. The molecule has 1 N–H and O–H groups in total. The van der Waals surface area contributed by atoms with Crippen LogP contribution in [0, 0.1) is 18.8 Å². The molecule has 1 aromatic carbocycles. The van der Waals surface area contributed by atoms with E-state index in [9.17, 15) is 27.9 Å². The molecule has 0 bridgehead atoms. The van der Waals surface area contributed by atoms with Gasteiger partial charge < -0.3 is 19.5 Å². The summed E-state index contributed by atoms with van der Waals surface area (Å²) < 4.78 is 51.6. The zero-order chi connectivity index (χ0) is 30.6. The fourth-order valence-electron chi connectivity index (χ4n) is 5.35. The van der Waals surface area contributed by atoms with Crippen LogP contribution >= 0.6 is 11.3 Å². The fourth-order valence-corrected chi connectivity index (χ4v) is 6.13. The number of benzene rings is 1. The number of aryl methyl sites for hydroxylation is 1. The van der Waals surface area contributed by atoms with Gasteiger partial charge in [0, 0.05) is 36.0 Å². The maximum Gasteiger partial charge on any atom is 0.434 e. The molecule has 4 rings (SSSR count). The third-order valence-corrected chi connectivity index (χ3v) is 8.50. The van der Waals surface area contributed by atoms with Crippen molar-refractivity contribution in [1.29, 1.82) is 0 Å². The van der Waals surface area contributed by atoms with Crippen molar-refractivity contribution < 1.29 is 37.3 Å². The first-order chi connectivity index (χ1) is 19.9. The van der Waals surface area contributed by atoms with E-state index in [0.29, 0.717) is 47.4 Å². The van der Waals surface area contributed by atoms with Crippen molar-refractivity contribution in [2.24, 2.45) is 11.8 Å². The Morgan fingerprint density at radius 2 is 1.95 bits per heavy atom. The number of pyridine rings is 1. The number of carbonyl (C=O) groups is 2. The Morgan fingerprint density at radius 3 is 2.60 bits per heavy atom. The summed E-state index contributed by atoms with van der Waals surface area (Å²) in [5.74, 6) is -1.96. The molecule has 2 heterocycles. The highest BCUT2D eigenvalue weighted by atomic mass is 32.1. The predicted molar refractivity (Wildman–Crippen MR) is 154 cm³/mol. The minimum absolute atomic E-state index is 0.0742. The van der Waals surface area contributed by atoms with Gasteiger partial charge in [-0.1, -0.05) is 6.08 Å². The number of thiazole rings is 1. The number of hydrogen-bond acceptors (Lipinski definition) is 7. The number of halogens is 3. The van der Waals surface area contributed by atoms with Crippen LogP contribution in [0.15, 0.2) is 36.2 Å². The van der Waals surface area contributed by atoms with E-state index in [4.69, 9.17) is 9.47 Å². The summed E-state index contributed by atoms with van der Waals surface area (Å²) >= 11 is 0.822. The fraction of sp³-hybridized carbons (Fsp3) is 0.467. The van der Waals surface area contributed by atoms with Crippen molar-refractivity contribution in [3.05, 3.63) is 47.5 Å². The lowest BCUT2D eigenvalue weighted by Crippen LogP contribution is -2.44. The largest absolute Gasteiger partial charge is 0.496 e. The number of nitrogens with zero attached hydrogens (tertiary/aromatic N) is 3. The number of carbonyl (C=O) groups excluding carboxylic acids is 1. The number of rotatable bonds is 11. The molecule has 0 spiro atoms. The van der Waals surface area contributed by atoms with Gasteiger partial charge in [0.15, 0.2) is 5.69 Å². The molecule has 226 valence electrons. The van der Waals surface area contributed by atoms with Gasteiger partial charge in [-0.15, -0.1) is 17.9 Å². The zero-order valence-electron chi connectivity index (χ0n) is 23.7. The quantitative estimate of drug-likeness (QED) is 0.190. The number of unbranched alkanes of at least 4 members (excludes halogenated alkanes) is 2. The lowest BCUT2D eigenvalue weighted by molar-refractivity contribution is -0.153. The number of carboxylic acids is 1. The van der Waals surface area contributed by atoms with Crippen LogP contribution in [0.4, 0.5) is 13.2 Å². The molecule has 3 atom stereocenters. The van der Waals surface area contributed by atoms with Crippen LogP contribution in [-0.4, -0.2) is 58.7 Å². The molecule has 1 aliphatic carbocycles. The molecule has 1 unspecified atom stereocenters.